The molecule has 0 fully saturated rings. The molecule has 0 atom stereocenters. The van der Waals surface area contributed by atoms with E-state index in [2.05, 4.69) is 42.3 Å². The second-order valence-electron chi connectivity index (χ2n) is 6.77. The highest BCUT2D eigenvalue weighted by atomic mass is 16.5. The molecule has 10 nitrogen and oxygen atoms in total. The molecule has 2 aliphatic rings. The molecular formula is C19H31N7O3. The van der Waals surface area contributed by atoms with Crippen LogP contribution in [0.2, 0.25) is 0 Å². The van der Waals surface area contributed by atoms with Gasteiger partial charge in [-0.05, 0) is 19.3 Å². The van der Waals surface area contributed by atoms with Gasteiger partial charge in [-0.15, -0.1) is 15.0 Å². The molecular weight excluding hydrogens is 374 g/mol. The van der Waals surface area contributed by atoms with Gasteiger partial charge < -0.3 is 34.6 Å². The first-order chi connectivity index (χ1) is 14.3. The van der Waals surface area contributed by atoms with Crippen molar-refractivity contribution in [1.29, 1.82) is 0 Å². The summed E-state index contributed by atoms with van der Waals surface area (Å²) in [5.74, 6) is 0. The molecule has 0 saturated heterocycles. The highest BCUT2D eigenvalue weighted by molar-refractivity contribution is 5.09. The minimum atomic E-state index is 0.239. The van der Waals surface area contributed by atoms with E-state index in [0.717, 1.165) is 52.1 Å². The maximum Gasteiger partial charge on any atom is 0.325 e. The lowest BCUT2D eigenvalue weighted by atomic mass is 10.4. The second-order valence-corrected chi connectivity index (χ2v) is 6.77. The lowest BCUT2D eigenvalue weighted by molar-refractivity contribution is 0.221. The number of hydrogen-bond acceptors (Lipinski definition) is 10. The second kappa shape index (κ2) is 11.8. The van der Waals surface area contributed by atoms with Crippen molar-refractivity contribution in [1.82, 2.24) is 35.4 Å². The predicted octanol–water partition coefficient (Wildman–Crippen LogP) is 1.26. The van der Waals surface area contributed by atoms with E-state index in [0.29, 0.717) is 19.8 Å². The van der Waals surface area contributed by atoms with Crippen LogP contribution in [0, 0.1) is 0 Å². The van der Waals surface area contributed by atoms with Crippen LogP contribution >= 0.6 is 0 Å². The fourth-order valence-electron chi connectivity index (χ4n) is 2.75. The van der Waals surface area contributed by atoms with E-state index in [-0.39, 0.29) is 18.0 Å². The van der Waals surface area contributed by atoms with E-state index in [1.807, 2.05) is 24.8 Å². The molecule has 0 saturated carbocycles. The standard InChI is InChI=1S/C19H31N7O3/c1-2-3-12-27-17-22-18(28-13-4-8-25-10-6-20-15-25)24-19(23-17)29-14-5-9-26-11-7-21-16-26/h6-7,10-11,20-21H,2-5,8-9,12-16H2,1H3. The molecule has 0 aromatic carbocycles. The van der Waals surface area contributed by atoms with Crippen molar-refractivity contribution >= 4 is 0 Å². The van der Waals surface area contributed by atoms with Crippen molar-refractivity contribution in [3.8, 4) is 18.0 Å². The summed E-state index contributed by atoms with van der Waals surface area (Å²) < 4.78 is 17.1. The molecule has 1 aromatic heterocycles. The van der Waals surface area contributed by atoms with Crippen molar-refractivity contribution in [2.45, 2.75) is 32.6 Å². The van der Waals surface area contributed by atoms with E-state index in [4.69, 9.17) is 14.2 Å². The summed E-state index contributed by atoms with van der Waals surface area (Å²) in [5, 5.41) is 6.28. The average Bonchev–Trinajstić information content (AvgIpc) is 3.43. The molecule has 2 aliphatic heterocycles. The number of nitrogens with zero attached hydrogens (tertiary/aromatic N) is 5. The lowest BCUT2D eigenvalue weighted by Crippen LogP contribution is -2.23. The van der Waals surface area contributed by atoms with E-state index in [1.165, 1.54) is 0 Å². The minimum Gasteiger partial charge on any atom is -0.463 e. The van der Waals surface area contributed by atoms with Gasteiger partial charge in [-0.2, -0.15) is 0 Å². The molecule has 0 aliphatic carbocycles. The third-order valence-corrected chi connectivity index (χ3v) is 4.34. The number of ether oxygens (including phenoxy) is 3. The molecule has 3 heterocycles. The summed E-state index contributed by atoms with van der Waals surface area (Å²) in [6.07, 6.45) is 11.6. The molecule has 160 valence electrons. The van der Waals surface area contributed by atoms with Gasteiger partial charge in [0.05, 0.1) is 33.2 Å². The molecule has 10 heteroatoms. The normalized spacial score (nSPS) is 14.8. The molecule has 29 heavy (non-hydrogen) atoms. The summed E-state index contributed by atoms with van der Waals surface area (Å²) in [4.78, 5) is 17.1. The monoisotopic (exact) mass is 405 g/mol. The number of rotatable bonds is 14. The fraction of sp³-hybridized carbons (Fsp3) is 0.632. The summed E-state index contributed by atoms with van der Waals surface area (Å²) in [5.41, 5.74) is 0. The van der Waals surface area contributed by atoms with Crippen molar-refractivity contribution in [3.63, 3.8) is 0 Å². The first-order valence-corrected chi connectivity index (χ1v) is 10.3. The highest BCUT2D eigenvalue weighted by Crippen LogP contribution is 2.16. The van der Waals surface area contributed by atoms with Gasteiger partial charge in [-0.3, -0.25) is 0 Å². The molecule has 0 amide bonds. The van der Waals surface area contributed by atoms with Crippen LogP contribution in [-0.2, 0) is 0 Å². The maximum atomic E-state index is 5.72. The van der Waals surface area contributed by atoms with Gasteiger partial charge in [0.25, 0.3) is 0 Å². The van der Waals surface area contributed by atoms with E-state index in [1.54, 1.807) is 0 Å². The fourth-order valence-corrected chi connectivity index (χ4v) is 2.75. The van der Waals surface area contributed by atoms with Crippen LogP contribution in [0.25, 0.3) is 0 Å². The van der Waals surface area contributed by atoms with E-state index < -0.39 is 0 Å². The van der Waals surface area contributed by atoms with Crippen molar-refractivity contribution in [2.75, 3.05) is 46.2 Å². The van der Waals surface area contributed by atoms with E-state index in [9.17, 15) is 0 Å². The van der Waals surface area contributed by atoms with Crippen LogP contribution in [0.5, 0.6) is 18.0 Å². The quantitative estimate of drug-likeness (QED) is 0.440. The van der Waals surface area contributed by atoms with Crippen LogP contribution in [0.1, 0.15) is 32.6 Å². The van der Waals surface area contributed by atoms with Gasteiger partial charge in [0.15, 0.2) is 0 Å². The Hall–Kier alpha value is -2.91. The van der Waals surface area contributed by atoms with Crippen LogP contribution in [-0.4, -0.2) is 71.0 Å². The SMILES string of the molecule is CCCCOc1nc(OCCCN2C=CNC2)nc(OCCCN2C=CNC2)n1. The van der Waals surface area contributed by atoms with Crippen molar-refractivity contribution in [2.24, 2.45) is 0 Å². The third kappa shape index (κ3) is 7.55. The Morgan fingerprint density at radius 2 is 1.21 bits per heavy atom. The Bertz CT molecular complexity index is 623. The number of hydrogen-bond donors (Lipinski definition) is 2. The zero-order chi connectivity index (χ0) is 20.2. The van der Waals surface area contributed by atoms with Gasteiger partial charge in [0.2, 0.25) is 0 Å². The molecule has 2 N–H and O–H groups in total. The topological polar surface area (TPSA) is 96.9 Å². The van der Waals surface area contributed by atoms with Crippen molar-refractivity contribution < 1.29 is 14.2 Å². The van der Waals surface area contributed by atoms with Crippen molar-refractivity contribution in [3.05, 3.63) is 24.8 Å². The zero-order valence-corrected chi connectivity index (χ0v) is 17.0. The Morgan fingerprint density at radius 3 is 1.59 bits per heavy atom. The maximum absolute atomic E-state index is 5.72. The summed E-state index contributed by atoms with van der Waals surface area (Å²) >= 11 is 0. The predicted molar refractivity (Wildman–Crippen MR) is 108 cm³/mol. The average molecular weight is 406 g/mol. The number of nitrogens with one attached hydrogen (secondary N) is 2. The van der Waals surface area contributed by atoms with Crippen LogP contribution in [0.4, 0.5) is 0 Å². The van der Waals surface area contributed by atoms with Gasteiger partial charge in [0, 0.05) is 37.9 Å². The van der Waals surface area contributed by atoms with Crippen LogP contribution in [0.15, 0.2) is 24.8 Å². The first kappa shape index (κ1) is 20.8. The smallest absolute Gasteiger partial charge is 0.325 e. The molecule has 1 aromatic rings. The Labute approximate surface area is 171 Å². The summed E-state index contributed by atoms with van der Waals surface area (Å²) in [7, 11) is 0. The van der Waals surface area contributed by atoms with Gasteiger partial charge in [0.1, 0.15) is 0 Å². The number of unbranched alkanes of at least 4 members (excludes halogenated alkanes) is 1. The highest BCUT2D eigenvalue weighted by Gasteiger charge is 2.11. The molecule has 0 radical (unpaired) electrons. The summed E-state index contributed by atoms with van der Waals surface area (Å²) in [6.45, 7) is 7.16. The Morgan fingerprint density at radius 1 is 0.759 bits per heavy atom. The Kier molecular flexibility index (Phi) is 8.49. The zero-order valence-electron chi connectivity index (χ0n) is 17.0. The molecule has 3 rings (SSSR count). The molecule has 0 unspecified atom stereocenters. The minimum absolute atomic E-state index is 0.239. The summed E-state index contributed by atoms with van der Waals surface area (Å²) in [6, 6.07) is 0.725. The van der Waals surface area contributed by atoms with E-state index >= 15 is 0 Å². The van der Waals surface area contributed by atoms with Gasteiger partial charge in [-0.1, -0.05) is 13.3 Å². The molecule has 0 spiro atoms. The first-order valence-electron chi connectivity index (χ1n) is 10.3. The van der Waals surface area contributed by atoms with Gasteiger partial charge in [-0.25, -0.2) is 0 Å². The van der Waals surface area contributed by atoms with Gasteiger partial charge >= 0.3 is 18.0 Å². The third-order valence-electron chi connectivity index (χ3n) is 4.34. The largest absolute Gasteiger partial charge is 0.463 e. The molecule has 0 bridgehead atoms. The Balaban J connectivity index is 1.46. The van der Waals surface area contributed by atoms with Crippen LogP contribution in [0.3, 0.4) is 0 Å². The van der Waals surface area contributed by atoms with Crippen LogP contribution < -0.4 is 24.8 Å². The number of aromatic nitrogens is 3. The lowest BCUT2D eigenvalue weighted by Gasteiger charge is -2.15.